The summed E-state index contributed by atoms with van der Waals surface area (Å²) >= 11 is 5.19. The lowest BCUT2D eigenvalue weighted by atomic mass is 10.0. The van der Waals surface area contributed by atoms with Gasteiger partial charge in [-0.2, -0.15) is 11.3 Å². The van der Waals surface area contributed by atoms with Crippen molar-refractivity contribution < 1.29 is 4.74 Å². The van der Waals surface area contributed by atoms with Crippen molar-refractivity contribution in [3.05, 3.63) is 81.0 Å². The molecule has 0 amide bonds. The van der Waals surface area contributed by atoms with Crippen LogP contribution >= 0.6 is 27.3 Å². The van der Waals surface area contributed by atoms with Crippen LogP contribution in [-0.2, 0) is 6.54 Å². The first-order valence-electron chi connectivity index (χ1n) is 9.13. The van der Waals surface area contributed by atoms with Gasteiger partial charge in [-0.25, -0.2) is 4.98 Å². The Bertz CT molecular complexity index is 1080. The fourth-order valence-corrected chi connectivity index (χ4v) is 4.14. The fraction of sp³-hybridized carbons (Fsp3) is 0.174. The van der Waals surface area contributed by atoms with Gasteiger partial charge in [0.2, 0.25) is 0 Å². The minimum Gasteiger partial charge on any atom is -0.497 e. The molecule has 2 heterocycles. The highest BCUT2D eigenvalue weighted by Gasteiger charge is 2.12. The van der Waals surface area contributed by atoms with Gasteiger partial charge in [-0.05, 0) is 59.8 Å². The SMILES string of the molecule is COc1ccc2cc(CN[C@H](C)c3ccc(Br)cc3)c(-c3ccsc3)nc2c1. The van der Waals surface area contributed by atoms with Gasteiger partial charge in [-0.3, -0.25) is 0 Å². The Morgan fingerprint density at radius 1 is 1.11 bits per heavy atom. The van der Waals surface area contributed by atoms with Crippen LogP contribution in [0.25, 0.3) is 22.2 Å². The van der Waals surface area contributed by atoms with Gasteiger partial charge in [-0.1, -0.05) is 28.1 Å². The van der Waals surface area contributed by atoms with E-state index in [0.29, 0.717) is 0 Å². The molecule has 2 aromatic heterocycles. The summed E-state index contributed by atoms with van der Waals surface area (Å²) in [5, 5.41) is 9.01. The summed E-state index contributed by atoms with van der Waals surface area (Å²) in [4.78, 5) is 4.97. The van der Waals surface area contributed by atoms with Crippen LogP contribution in [-0.4, -0.2) is 12.1 Å². The van der Waals surface area contributed by atoms with Crippen molar-refractivity contribution in [3.63, 3.8) is 0 Å². The molecule has 0 aliphatic carbocycles. The molecule has 0 fully saturated rings. The lowest BCUT2D eigenvalue weighted by Gasteiger charge is -2.17. The molecule has 4 aromatic rings. The van der Waals surface area contributed by atoms with E-state index in [2.05, 4.69) is 81.4 Å². The van der Waals surface area contributed by atoms with E-state index in [1.807, 2.05) is 12.1 Å². The van der Waals surface area contributed by atoms with E-state index >= 15 is 0 Å². The van der Waals surface area contributed by atoms with Crippen LogP contribution in [0.3, 0.4) is 0 Å². The van der Waals surface area contributed by atoms with Crippen molar-refractivity contribution in [3.8, 4) is 17.0 Å². The maximum Gasteiger partial charge on any atom is 0.121 e. The Morgan fingerprint density at radius 2 is 1.93 bits per heavy atom. The predicted octanol–water partition coefficient (Wildman–Crippen LogP) is 6.59. The fourth-order valence-electron chi connectivity index (χ4n) is 3.23. The summed E-state index contributed by atoms with van der Waals surface area (Å²) in [6, 6.07) is 19.1. The first kappa shape index (κ1) is 19.1. The molecular formula is C23H21BrN2OS. The molecule has 0 aliphatic rings. The number of nitrogens with one attached hydrogen (secondary N) is 1. The van der Waals surface area contributed by atoms with E-state index < -0.39 is 0 Å². The molecule has 1 N–H and O–H groups in total. The zero-order valence-corrected chi connectivity index (χ0v) is 18.2. The molecule has 0 saturated heterocycles. The largest absolute Gasteiger partial charge is 0.497 e. The molecule has 0 spiro atoms. The van der Waals surface area contributed by atoms with Crippen LogP contribution in [0.5, 0.6) is 5.75 Å². The third-order valence-corrected chi connectivity index (χ3v) is 6.08. The topological polar surface area (TPSA) is 34.1 Å². The van der Waals surface area contributed by atoms with Gasteiger partial charge in [0.15, 0.2) is 0 Å². The number of ether oxygens (including phenoxy) is 1. The number of thiophene rings is 1. The molecule has 0 unspecified atom stereocenters. The number of hydrogen-bond acceptors (Lipinski definition) is 4. The van der Waals surface area contributed by atoms with Crippen LogP contribution < -0.4 is 10.1 Å². The normalized spacial score (nSPS) is 12.2. The molecule has 0 aliphatic heterocycles. The highest BCUT2D eigenvalue weighted by molar-refractivity contribution is 9.10. The molecule has 3 nitrogen and oxygen atoms in total. The van der Waals surface area contributed by atoms with Gasteiger partial charge < -0.3 is 10.1 Å². The number of nitrogens with zero attached hydrogens (tertiary/aromatic N) is 1. The maximum absolute atomic E-state index is 5.37. The van der Waals surface area contributed by atoms with Crippen LogP contribution in [0.4, 0.5) is 0 Å². The number of hydrogen-bond donors (Lipinski definition) is 1. The number of methoxy groups -OCH3 is 1. The van der Waals surface area contributed by atoms with Crippen molar-refractivity contribution >= 4 is 38.2 Å². The average molecular weight is 453 g/mol. The number of aromatic nitrogens is 1. The van der Waals surface area contributed by atoms with E-state index in [0.717, 1.165) is 38.9 Å². The summed E-state index contributed by atoms with van der Waals surface area (Å²) in [7, 11) is 1.68. The molecule has 4 rings (SSSR count). The average Bonchev–Trinajstić information content (AvgIpc) is 3.26. The Kier molecular flexibility index (Phi) is 5.76. The second-order valence-corrected chi connectivity index (χ2v) is 8.42. The summed E-state index contributed by atoms with van der Waals surface area (Å²) in [5.41, 5.74) is 5.59. The Balaban J connectivity index is 1.66. The molecule has 142 valence electrons. The number of halogens is 1. The van der Waals surface area contributed by atoms with Gasteiger partial charge in [-0.15, -0.1) is 0 Å². The Morgan fingerprint density at radius 3 is 2.64 bits per heavy atom. The second kappa shape index (κ2) is 8.43. The first-order valence-corrected chi connectivity index (χ1v) is 10.9. The van der Waals surface area contributed by atoms with Crippen LogP contribution in [0.1, 0.15) is 24.1 Å². The van der Waals surface area contributed by atoms with Crippen molar-refractivity contribution in [2.45, 2.75) is 19.5 Å². The smallest absolute Gasteiger partial charge is 0.121 e. The van der Waals surface area contributed by atoms with Crippen molar-refractivity contribution in [2.24, 2.45) is 0 Å². The summed E-state index contributed by atoms with van der Waals surface area (Å²) in [6.07, 6.45) is 0. The molecule has 28 heavy (non-hydrogen) atoms. The van der Waals surface area contributed by atoms with Crippen LogP contribution in [0, 0.1) is 0 Å². The molecule has 1 atom stereocenters. The minimum absolute atomic E-state index is 0.245. The highest BCUT2D eigenvalue weighted by atomic mass is 79.9. The number of rotatable bonds is 6. The Hall–Kier alpha value is -2.21. The Labute approximate surface area is 177 Å². The van der Waals surface area contributed by atoms with E-state index in [4.69, 9.17) is 9.72 Å². The second-order valence-electron chi connectivity index (χ2n) is 6.72. The van der Waals surface area contributed by atoms with Crippen molar-refractivity contribution in [2.75, 3.05) is 7.11 Å². The van der Waals surface area contributed by atoms with Crippen molar-refractivity contribution in [1.82, 2.24) is 10.3 Å². The van der Waals surface area contributed by atoms with E-state index in [1.165, 1.54) is 11.1 Å². The quantitative estimate of drug-likeness (QED) is 0.358. The zero-order valence-electron chi connectivity index (χ0n) is 15.8. The monoisotopic (exact) mass is 452 g/mol. The van der Waals surface area contributed by atoms with Gasteiger partial charge in [0.1, 0.15) is 5.75 Å². The molecule has 2 aromatic carbocycles. The third kappa shape index (κ3) is 4.12. The van der Waals surface area contributed by atoms with E-state index in [1.54, 1.807) is 18.4 Å². The van der Waals surface area contributed by atoms with Gasteiger partial charge in [0, 0.05) is 39.5 Å². The highest BCUT2D eigenvalue weighted by Crippen LogP contribution is 2.29. The van der Waals surface area contributed by atoms with Gasteiger partial charge in [0.05, 0.1) is 18.3 Å². The maximum atomic E-state index is 5.37. The van der Waals surface area contributed by atoms with E-state index in [9.17, 15) is 0 Å². The minimum atomic E-state index is 0.245. The summed E-state index contributed by atoms with van der Waals surface area (Å²) in [5.74, 6) is 0.825. The van der Waals surface area contributed by atoms with Crippen molar-refractivity contribution in [1.29, 1.82) is 0 Å². The summed E-state index contributed by atoms with van der Waals surface area (Å²) in [6.45, 7) is 2.93. The van der Waals surface area contributed by atoms with Gasteiger partial charge >= 0.3 is 0 Å². The standard InChI is InChI=1S/C23H21BrN2OS/c1-15(16-3-6-20(24)7-4-16)25-13-19-11-17-5-8-21(27-2)12-22(17)26-23(19)18-9-10-28-14-18/h3-12,14-15,25H,13H2,1-2H3/t15-/m1/s1. The first-order chi connectivity index (χ1) is 13.6. The molecular weight excluding hydrogens is 432 g/mol. The predicted molar refractivity (Wildman–Crippen MR) is 121 cm³/mol. The molecule has 0 radical (unpaired) electrons. The number of benzene rings is 2. The number of pyridine rings is 1. The van der Waals surface area contributed by atoms with E-state index in [-0.39, 0.29) is 6.04 Å². The van der Waals surface area contributed by atoms with Crippen LogP contribution in [0.2, 0.25) is 0 Å². The van der Waals surface area contributed by atoms with Crippen LogP contribution in [0.15, 0.2) is 69.8 Å². The molecule has 0 saturated carbocycles. The third-order valence-electron chi connectivity index (χ3n) is 4.87. The van der Waals surface area contributed by atoms with Gasteiger partial charge in [0.25, 0.3) is 0 Å². The lowest BCUT2D eigenvalue weighted by Crippen LogP contribution is -2.18. The zero-order chi connectivity index (χ0) is 19.5. The molecule has 0 bridgehead atoms. The lowest BCUT2D eigenvalue weighted by molar-refractivity contribution is 0.415. The number of fused-ring (bicyclic) bond motifs is 1. The summed E-state index contributed by atoms with van der Waals surface area (Å²) < 4.78 is 6.46. The molecule has 5 heteroatoms.